The number of benzene rings is 1. The number of hydrogen-bond acceptors (Lipinski definition) is 3. The van der Waals surface area contributed by atoms with Crippen LogP contribution < -0.4 is 4.57 Å². The number of fused-ring (bicyclic) bond motifs is 1. The number of halogens is 3. The van der Waals surface area contributed by atoms with E-state index in [-0.39, 0.29) is 20.4 Å². The summed E-state index contributed by atoms with van der Waals surface area (Å²) < 4.78 is 64.4. The number of allylic oxidation sites excluding steroid dienone is 1. The van der Waals surface area contributed by atoms with Gasteiger partial charge in [-0.05, 0) is 0 Å². The van der Waals surface area contributed by atoms with Crippen LogP contribution in [-0.2, 0) is 16.7 Å². The van der Waals surface area contributed by atoms with E-state index in [1.807, 2.05) is 6.08 Å². The van der Waals surface area contributed by atoms with E-state index in [9.17, 15) is 13.2 Å². The smallest absolute Gasteiger partial charge is 0.485 e. The Morgan fingerprint density at radius 1 is 1.38 bits per heavy atom. The molecule has 0 amide bonds. The molecule has 0 radical (unpaired) electrons. The Morgan fingerprint density at radius 3 is 2.38 bits per heavy atom. The molecule has 0 fully saturated rings. The Kier molecular flexibility index (Phi) is 5.99. The van der Waals surface area contributed by atoms with E-state index in [2.05, 4.69) is 42.3 Å². The van der Waals surface area contributed by atoms with E-state index in [4.69, 9.17) is 13.0 Å². The average Bonchev–Trinajstić information content (AvgIpc) is 2.65. The first-order valence-corrected chi connectivity index (χ1v) is 9.33. The summed E-state index contributed by atoms with van der Waals surface area (Å²) in [5.74, 6) is 0. The minimum atomic E-state index is -6.09. The summed E-state index contributed by atoms with van der Waals surface area (Å²) in [5, 5.41) is 0. The van der Waals surface area contributed by atoms with Crippen molar-refractivity contribution in [1.29, 1.82) is 0 Å². The van der Waals surface area contributed by atoms with Gasteiger partial charge in [-0.15, -0.1) is 0 Å². The summed E-state index contributed by atoms with van der Waals surface area (Å²) in [6, 6.07) is 8.71. The maximum absolute atomic E-state index is 10.7. The van der Waals surface area contributed by atoms with Crippen LogP contribution in [0.2, 0.25) is 0 Å². The zero-order valence-electron chi connectivity index (χ0n) is 10.9. The first-order valence-electron chi connectivity index (χ1n) is 5.59. The number of aromatic nitrogens is 1. The summed E-state index contributed by atoms with van der Waals surface area (Å²) >= 11 is -0.0773. The van der Waals surface area contributed by atoms with Crippen LogP contribution >= 0.6 is 0 Å². The Balaban J connectivity index is 0.000000240. The van der Waals surface area contributed by atoms with E-state index < -0.39 is 15.6 Å². The summed E-state index contributed by atoms with van der Waals surface area (Å²) in [7, 11) is -6.09. The van der Waals surface area contributed by atoms with E-state index in [0.717, 1.165) is 6.54 Å². The van der Waals surface area contributed by atoms with Crippen LogP contribution in [0.25, 0.3) is 8.92 Å². The van der Waals surface area contributed by atoms with Crippen molar-refractivity contribution in [3.8, 4) is 0 Å². The van der Waals surface area contributed by atoms with Crippen molar-refractivity contribution in [2.75, 3.05) is 0 Å². The van der Waals surface area contributed by atoms with Gasteiger partial charge in [0.1, 0.15) is 0 Å². The van der Waals surface area contributed by atoms with Crippen molar-refractivity contribution in [3.05, 3.63) is 40.6 Å². The number of hydrogen-bond donors (Lipinski definition) is 0. The molecule has 4 nitrogen and oxygen atoms in total. The van der Waals surface area contributed by atoms with Gasteiger partial charge in [-0.25, -0.2) is 8.42 Å². The second kappa shape index (κ2) is 6.92. The molecule has 0 aliphatic carbocycles. The molecule has 0 atom stereocenters. The van der Waals surface area contributed by atoms with Gasteiger partial charge in [0.25, 0.3) is 0 Å². The van der Waals surface area contributed by atoms with Crippen LogP contribution in [0.3, 0.4) is 0 Å². The molecule has 0 bridgehead atoms. The van der Waals surface area contributed by atoms with Crippen LogP contribution in [-0.4, -0.2) is 38.9 Å². The zero-order valence-corrected chi connectivity index (χ0v) is 14.1. The van der Waals surface area contributed by atoms with Crippen molar-refractivity contribution in [3.63, 3.8) is 0 Å². The fourth-order valence-corrected chi connectivity index (χ4v) is 4.45. The Labute approximate surface area is 129 Å². The molecule has 1 aromatic heterocycles. The molecule has 0 aliphatic heterocycles. The van der Waals surface area contributed by atoms with Gasteiger partial charge >= 0.3 is 93.5 Å². The predicted molar refractivity (Wildman–Crippen MR) is 71.8 cm³/mol. The maximum atomic E-state index is 10.7. The quantitative estimate of drug-likeness (QED) is 0.238. The van der Waals surface area contributed by atoms with Crippen LogP contribution in [0.4, 0.5) is 13.2 Å². The minimum absolute atomic E-state index is 0.0773. The normalized spacial score (nSPS) is 11.9. The van der Waals surface area contributed by atoms with Crippen molar-refractivity contribution in [2.45, 2.75) is 19.0 Å². The van der Waals surface area contributed by atoms with E-state index in [1.54, 1.807) is 7.11 Å². The number of rotatable bonds is 2. The van der Waals surface area contributed by atoms with Gasteiger partial charge in [0.2, 0.25) is 0 Å². The van der Waals surface area contributed by atoms with Gasteiger partial charge in [-0.3, -0.25) is 0 Å². The van der Waals surface area contributed by atoms with E-state index in [1.165, 1.54) is 5.52 Å². The van der Waals surface area contributed by atoms with E-state index in [0.29, 0.717) is 0 Å². The molecule has 0 unspecified atom stereocenters. The van der Waals surface area contributed by atoms with Crippen molar-refractivity contribution < 1.29 is 30.7 Å². The summed E-state index contributed by atoms with van der Waals surface area (Å²) in [5.41, 5.74) is -4.24. The molecule has 1 heterocycles. The summed E-state index contributed by atoms with van der Waals surface area (Å²) in [6.45, 7) is 6.98. The topological polar surface area (TPSA) is 61.1 Å². The molecule has 0 saturated carbocycles. The molecule has 9 heteroatoms. The van der Waals surface area contributed by atoms with E-state index >= 15 is 0 Å². The second-order valence-electron chi connectivity index (χ2n) is 3.89. The molecule has 2 aromatic rings. The first kappa shape index (κ1) is 18.2. The summed E-state index contributed by atoms with van der Waals surface area (Å²) in [6.07, 6.45) is 1.97. The van der Waals surface area contributed by atoms with Gasteiger partial charge in [0.05, 0.1) is 0 Å². The molecule has 116 valence electrons. The van der Waals surface area contributed by atoms with Gasteiger partial charge in [0, 0.05) is 0 Å². The number of para-hydroxylation sites is 1. The van der Waals surface area contributed by atoms with Crippen molar-refractivity contribution in [2.24, 2.45) is 0 Å². The fraction of sp³-hybridized carbons (Fsp3) is 0.250. The van der Waals surface area contributed by atoms with Crippen molar-refractivity contribution in [1.82, 2.24) is 0 Å². The monoisotopic (exact) mass is 437 g/mol. The van der Waals surface area contributed by atoms with Gasteiger partial charge < -0.3 is 4.55 Å². The number of alkyl halides is 3. The Hall–Kier alpha value is -0.880. The number of aryl methyl sites for hydroxylation is 1. The predicted octanol–water partition coefficient (Wildman–Crippen LogP) is 1.73. The standard InChI is InChI=1S/C11H12NTe.CHF3O3S/c1-3-8-12-9(2)13-11-7-5-4-6-10(11)12;2-1(3,4)8(5,6)7/h3-7H,1,8H2,2H3;(H,5,6,7)/q+1;/p-1. The Bertz CT molecular complexity index is 738. The first-order chi connectivity index (χ1) is 9.58. The molecule has 21 heavy (non-hydrogen) atoms. The zero-order chi connectivity index (χ0) is 16.3. The van der Waals surface area contributed by atoms with Crippen LogP contribution in [0.1, 0.15) is 3.71 Å². The third-order valence-corrected chi connectivity index (χ3v) is 6.04. The average molecular weight is 435 g/mol. The van der Waals surface area contributed by atoms with Gasteiger partial charge in [0.15, 0.2) is 10.1 Å². The van der Waals surface area contributed by atoms with Crippen LogP contribution in [0.15, 0.2) is 36.9 Å². The third kappa shape index (κ3) is 4.81. The fourth-order valence-electron chi connectivity index (χ4n) is 1.51. The summed E-state index contributed by atoms with van der Waals surface area (Å²) in [4.78, 5) is 0. The van der Waals surface area contributed by atoms with Crippen LogP contribution in [0.5, 0.6) is 0 Å². The third-order valence-electron chi connectivity index (χ3n) is 2.39. The minimum Gasteiger partial charge on any atom is -0.741 e. The largest absolute Gasteiger partial charge is 0.741 e. The Morgan fingerprint density at radius 2 is 1.90 bits per heavy atom. The number of nitrogens with zero attached hydrogens (tertiary/aromatic N) is 1. The molecule has 0 N–H and O–H groups in total. The molecular weight excluding hydrogens is 423 g/mol. The molecule has 0 aliphatic rings. The van der Waals surface area contributed by atoms with Gasteiger partial charge in [-0.1, -0.05) is 0 Å². The van der Waals surface area contributed by atoms with Crippen molar-refractivity contribution >= 4 is 39.5 Å². The molecule has 1 aromatic carbocycles. The SMILES string of the molecule is C=CC[n+]1c(C)[te]c2ccccc21.O=S(=O)([O-])C(F)(F)F. The molecular formula is C12H12F3NO3STe. The molecule has 2 rings (SSSR count). The van der Waals surface area contributed by atoms with Crippen LogP contribution in [0, 0.1) is 6.92 Å². The molecule has 0 saturated heterocycles. The maximum Gasteiger partial charge on any atom is 0.485 e. The molecule has 0 spiro atoms. The van der Waals surface area contributed by atoms with Gasteiger partial charge in [-0.2, -0.15) is 13.2 Å². The second-order valence-corrected chi connectivity index (χ2v) is 8.78.